The molecule has 1 aromatic carbocycles. The van der Waals surface area contributed by atoms with Gasteiger partial charge in [0.25, 0.3) is 0 Å². The van der Waals surface area contributed by atoms with Gasteiger partial charge >= 0.3 is 0 Å². The summed E-state index contributed by atoms with van der Waals surface area (Å²) in [6, 6.07) is 12.8. The normalized spacial score (nSPS) is 12.6. The van der Waals surface area contributed by atoms with Gasteiger partial charge in [-0.15, -0.1) is 0 Å². The van der Waals surface area contributed by atoms with E-state index in [1.807, 2.05) is 36.1 Å². The maximum Gasteiger partial charge on any atom is 0.0649 e. The van der Waals surface area contributed by atoms with Crippen LogP contribution in [0.1, 0.15) is 37.9 Å². The van der Waals surface area contributed by atoms with Crippen LogP contribution in [0.25, 0.3) is 5.69 Å². The van der Waals surface area contributed by atoms with Gasteiger partial charge in [-0.1, -0.05) is 38.0 Å². The number of unbranched alkanes of at least 4 members (excludes halogenated alkanes) is 1. The SMILES string of the molecule is CCCCC(NC)c1ccnn1-c1ccccc1. The number of rotatable bonds is 6. The Hall–Kier alpha value is -1.61. The third-order valence-corrected chi connectivity index (χ3v) is 3.22. The van der Waals surface area contributed by atoms with Crippen LogP contribution < -0.4 is 5.32 Å². The summed E-state index contributed by atoms with van der Waals surface area (Å²) >= 11 is 0. The molecule has 18 heavy (non-hydrogen) atoms. The second-order valence-electron chi connectivity index (χ2n) is 4.49. The Morgan fingerprint density at radius 2 is 2.00 bits per heavy atom. The summed E-state index contributed by atoms with van der Waals surface area (Å²) in [4.78, 5) is 0. The number of hydrogen-bond acceptors (Lipinski definition) is 2. The van der Waals surface area contributed by atoms with E-state index in [-0.39, 0.29) is 0 Å². The van der Waals surface area contributed by atoms with Crippen molar-refractivity contribution in [2.75, 3.05) is 7.05 Å². The Morgan fingerprint density at radius 3 is 2.67 bits per heavy atom. The van der Waals surface area contributed by atoms with E-state index in [0.29, 0.717) is 6.04 Å². The smallest absolute Gasteiger partial charge is 0.0649 e. The van der Waals surface area contributed by atoms with Crippen LogP contribution in [0.5, 0.6) is 0 Å². The zero-order valence-corrected chi connectivity index (χ0v) is 11.1. The molecule has 1 atom stereocenters. The third-order valence-electron chi connectivity index (χ3n) is 3.22. The third kappa shape index (κ3) is 2.79. The first-order chi connectivity index (χ1) is 8.86. The molecule has 0 spiro atoms. The molecule has 0 aliphatic rings. The van der Waals surface area contributed by atoms with E-state index in [4.69, 9.17) is 0 Å². The second-order valence-corrected chi connectivity index (χ2v) is 4.49. The summed E-state index contributed by atoms with van der Waals surface area (Å²) in [5.74, 6) is 0. The highest BCUT2D eigenvalue weighted by Gasteiger charge is 2.14. The van der Waals surface area contributed by atoms with Crippen LogP contribution in [0.4, 0.5) is 0 Å². The summed E-state index contributed by atoms with van der Waals surface area (Å²) in [5.41, 5.74) is 2.35. The van der Waals surface area contributed by atoms with Gasteiger partial charge in [0.2, 0.25) is 0 Å². The van der Waals surface area contributed by atoms with Crippen LogP contribution in [0, 0.1) is 0 Å². The largest absolute Gasteiger partial charge is 0.312 e. The van der Waals surface area contributed by atoms with E-state index in [9.17, 15) is 0 Å². The van der Waals surface area contributed by atoms with Gasteiger partial charge in [0.05, 0.1) is 11.4 Å². The number of nitrogens with zero attached hydrogens (tertiary/aromatic N) is 2. The lowest BCUT2D eigenvalue weighted by molar-refractivity contribution is 0.498. The lowest BCUT2D eigenvalue weighted by Crippen LogP contribution is -2.19. The Morgan fingerprint density at radius 1 is 1.22 bits per heavy atom. The van der Waals surface area contributed by atoms with Crippen LogP contribution in [-0.2, 0) is 0 Å². The molecule has 0 radical (unpaired) electrons. The molecule has 0 aliphatic carbocycles. The van der Waals surface area contributed by atoms with Gasteiger partial charge in [0.15, 0.2) is 0 Å². The molecule has 1 unspecified atom stereocenters. The molecule has 96 valence electrons. The highest BCUT2D eigenvalue weighted by Crippen LogP contribution is 2.21. The van der Waals surface area contributed by atoms with E-state index >= 15 is 0 Å². The van der Waals surface area contributed by atoms with Gasteiger partial charge in [-0.3, -0.25) is 0 Å². The molecule has 3 heteroatoms. The van der Waals surface area contributed by atoms with Gasteiger partial charge in [-0.25, -0.2) is 4.68 Å². The number of para-hydroxylation sites is 1. The predicted molar refractivity (Wildman–Crippen MR) is 74.9 cm³/mol. The molecule has 0 aliphatic heterocycles. The highest BCUT2D eigenvalue weighted by atomic mass is 15.3. The summed E-state index contributed by atoms with van der Waals surface area (Å²) in [6.07, 6.45) is 5.47. The predicted octanol–water partition coefficient (Wildman–Crippen LogP) is 3.32. The molecular formula is C15H21N3. The van der Waals surface area contributed by atoms with Crippen LogP contribution in [0.15, 0.2) is 42.6 Å². The van der Waals surface area contributed by atoms with E-state index in [1.54, 1.807) is 0 Å². The monoisotopic (exact) mass is 243 g/mol. The number of hydrogen-bond donors (Lipinski definition) is 1. The van der Waals surface area contributed by atoms with Crippen molar-refractivity contribution in [2.45, 2.75) is 32.2 Å². The van der Waals surface area contributed by atoms with Crippen LogP contribution in [-0.4, -0.2) is 16.8 Å². The van der Waals surface area contributed by atoms with Crippen molar-refractivity contribution in [3.05, 3.63) is 48.3 Å². The molecule has 2 rings (SSSR count). The minimum atomic E-state index is 0.368. The molecular weight excluding hydrogens is 222 g/mol. The molecule has 2 aromatic rings. The average molecular weight is 243 g/mol. The number of aromatic nitrogens is 2. The van der Waals surface area contributed by atoms with Crippen LogP contribution in [0.2, 0.25) is 0 Å². The fourth-order valence-corrected chi connectivity index (χ4v) is 2.21. The van der Waals surface area contributed by atoms with Crippen LogP contribution in [0.3, 0.4) is 0 Å². The maximum absolute atomic E-state index is 4.44. The van der Waals surface area contributed by atoms with Gasteiger partial charge in [0, 0.05) is 12.2 Å². The summed E-state index contributed by atoms with van der Waals surface area (Å²) in [6.45, 7) is 2.22. The van der Waals surface area contributed by atoms with Crippen molar-refractivity contribution in [3.63, 3.8) is 0 Å². The number of nitrogens with one attached hydrogen (secondary N) is 1. The molecule has 1 aromatic heterocycles. The Labute approximate surface area is 109 Å². The fraction of sp³-hybridized carbons (Fsp3) is 0.400. The first-order valence-electron chi connectivity index (χ1n) is 6.63. The molecule has 1 N–H and O–H groups in total. The quantitative estimate of drug-likeness (QED) is 0.843. The van der Waals surface area contributed by atoms with Crippen molar-refractivity contribution in [1.29, 1.82) is 0 Å². The van der Waals surface area contributed by atoms with Crippen LogP contribution >= 0.6 is 0 Å². The van der Waals surface area contributed by atoms with Crippen molar-refractivity contribution < 1.29 is 0 Å². The van der Waals surface area contributed by atoms with E-state index in [0.717, 1.165) is 12.1 Å². The van der Waals surface area contributed by atoms with E-state index in [2.05, 4.69) is 35.5 Å². The Bertz CT molecular complexity index is 462. The second kappa shape index (κ2) is 6.36. The molecule has 0 bridgehead atoms. The van der Waals surface area contributed by atoms with Crippen molar-refractivity contribution >= 4 is 0 Å². The minimum absolute atomic E-state index is 0.368. The average Bonchev–Trinajstić information content (AvgIpc) is 2.90. The van der Waals surface area contributed by atoms with Gasteiger partial charge in [0.1, 0.15) is 0 Å². The van der Waals surface area contributed by atoms with Gasteiger partial charge in [-0.2, -0.15) is 5.10 Å². The summed E-state index contributed by atoms with van der Waals surface area (Å²) in [7, 11) is 2.02. The summed E-state index contributed by atoms with van der Waals surface area (Å²) < 4.78 is 2.02. The topological polar surface area (TPSA) is 29.9 Å². The minimum Gasteiger partial charge on any atom is -0.312 e. The molecule has 0 amide bonds. The lowest BCUT2D eigenvalue weighted by atomic mass is 10.1. The molecule has 0 saturated carbocycles. The first kappa shape index (κ1) is 12.8. The zero-order chi connectivity index (χ0) is 12.8. The van der Waals surface area contributed by atoms with E-state index < -0.39 is 0 Å². The van der Waals surface area contributed by atoms with Crippen molar-refractivity contribution in [3.8, 4) is 5.69 Å². The van der Waals surface area contributed by atoms with Crippen molar-refractivity contribution in [1.82, 2.24) is 15.1 Å². The fourth-order valence-electron chi connectivity index (χ4n) is 2.21. The lowest BCUT2D eigenvalue weighted by Gasteiger charge is -2.17. The maximum atomic E-state index is 4.44. The van der Waals surface area contributed by atoms with Crippen molar-refractivity contribution in [2.24, 2.45) is 0 Å². The van der Waals surface area contributed by atoms with Gasteiger partial charge < -0.3 is 5.32 Å². The molecule has 1 heterocycles. The van der Waals surface area contributed by atoms with Gasteiger partial charge in [-0.05, 0) is 31.7 Å². The number of benzene rings is 1. The molecule has 0 fully saturated rings. The van der Waals surface area contributed by atoms with E-state index in [1.165, 1.54) is 18.5 Å². The molecule has 0 saturated heterocycles. The standard InChI is InChI=1S/C15H21N3/c1-3-4-10-14(16-2)15-11-12-17-18(15)13-8-6-5-7-9-13/h5-9,11-12,14,16H,3-4,10H2,1-2H3. The Kier molecular flexibility index (Phi) is 4.53. The summed E-state index contributed by atoms with van der Waals surface area (Å²) in [5, 5.41) is 7.83. The Balaban J connectivity index is 2.26. The zero-order valence-electron chi connectivity index (χ0n) is 11.1. The first-order valence-corrected chi connectivity index (χ1v) is 6.63. The highest BCUT2D eigenvalue weighted by molar-refractivity contribution is 5.33. The molecule has 3 nitrogen and oxygen atoms in total.